The molecule has 0 saturated carbocycles. The molecule has 1 unspecified atom stereocenters. The predicted molar refractivity (Wildman–Crippen MR) is 127 cm³/mol. The number of carbonyl (C=O) groups is 1. The first-order valence-corrected chi connectivity index (χ1v) is 10.6. The topological polar surface area (TPSA) is 68.0 Å². The van der Waals surface area contributed by atoms with E-state index in [0.717, 1.165) is 27.6 Å². The van der Waals surface area contributed by atoms with Crippen molar-refractivity contribution in [3.05, 3.63) is 95.6 Å². The lowest BCUT2D eigenvalue weighted by molar-refractivity contribution is -0.124. The standard InChI is InChI=1S/C27H27N3O/c1-18-8-6-7-11-24(18)21-12-13-25-22(15-21)16-23(26(28)30-25)14-19(2)27(31)29-17-20-9-4-3-5-10-20/h3-13,15-16,19H,14,17H2,1-2H3,(H2,28,30)(H,29,31). The SMILES string of the molecule is Cc1ccccc1-c1ccc2nc(N)c(CC(C)C(=O)NCc3ccccc3)cc2c1. The van der Waals surface area contributed by atoms with Crippen LogP contribution in [0.5, 0.6) is 0 Å². The fourth-order valence-corrected chi connectivity index (χ4v) is 3.84. The Hall–Kier alpha value is -3.66. The predicted octanol–water partition coefficient (Wildman–Crippen LogP) is 5.29. The number of benzene rings is 3. The highest BCUT2D eigenvalue weighted by Crippen LogP contribution is 2.28. The molecule has 0 fully saturated rings. The van der Waals surface area contributed by atoms with E-state index in [2.05, 4.69) is 53.6 Å². The fraction of sp³-hybridized carbons (Fsp3) is 0.185. The number of aryl methyl sites for hydroxylation is 1. The molecule has 156 valence electrons. The maximum absolute atomic E-state index is 12.6. The Balaban J connectivity index is 1.53. The summed E-state index contributed by atoms with van der Waals surface area (Å²) in [5, 5.41) is 4.04. The maximum Gasteiger partial charge on any atom is 0.223 e. The summed E-state index contributed by atoms with van der Waals surface area (Å²) < 4.78 is 0. The molecule has 4 heteroatoms. The van der Waals surface area contributed by atoms with Gasteiger partial charge in [-0.15, -0.1) is 0 Å². The zero-order valence-electron chi connectivity index (χ0n) is 17.9. The van der Waals surface area contributed by atoms with Crippen LogP contribution in [0, 0.1) is 12.8 Å². The lowest BCUT2D eigenvalue weighted by Gasteiger charge is -2.14. The molecule has 0 aliphatic rings. The van der Waals surface area contributed by atoms with Crippen LogP contribution in [0.25, 0.3) is 22.0 Å². The first-order chi connectivity index (χ1) is 15.0. The summed E-state index contributed by atoms with van der Waals surface area (Å²) in [4.78, 5) is 17.2. The summed E-state index contributed by atoms with van der Waals surface area (Å²) >= 11 is 0. The van der Waals surface area contributed by atoms with Crippen LogP contribution in [-0.2, 0) is 17.8 Å². The van der Waals surface area contributed by atoms with Gasteiger partial charge in [-0.25, -0.2) is 4.98 Å². The summed E-state index contributed by atoms with van der Waals surface area (Å²) in [6.07, 6.45) is 0.546. The second-order valence-electron chi connectivity index (χ2n) is 8.06. The number of nitrogen functional groups attached to an aromatic ring is 1. The Morgan fingerprint density at radius 3 is 2.52 bits per heavy atom. The van der Waals surface area contributed by atoms with E-state index in [-0.39, 0.29) is 11.8 Å². The van der Waals surface area contributed by atoms with E-state index >= 15 is 0 Å². The zero-order chi connectivity index (χ0) is 21.8. The van der Waals surface area contributed by atoms with Gasteiger partial charge < -0.3 is 11.1 Å². The van der Waals surface area contributed by atoms with Gasteiger partial charge in [-0.1, -0.05) is 67.6 Å². The molecule has 0 bridgehead atoms. The molecule has 3 N–H and O–H groups in total. The van der Waals surface area contributed by atoms with Gasteiger partial charge in [0.05, 0.1) is 5.52 Å². The molecular weight excluding hydrogens is 382 g/mol. The molecule has 4 aromatic rings. The van der Waals surface area contributed by atoms with Crippen molar-refractivity contribution in [1.82, 2.24) is 10.3 Å². The van der Waals surface area contributed by atoms with Crippen LogP contribution in [0.1, 0.15) is 23.6 Å². The second kappa shape index (κ2) is 9.00. The van der Waals surface area contributed by atoms with E-state index < -0.39 is 0 Å². The lowest BCUT2D eigenvalue weighted by atomic mass is 9.96. The van der Waals surface area contributed by atoms with E-state index in [4.69, 9.17) is 5.73 Å². The number of carbonyl (C=O) groups excluding carboxylic acids is 1. The van der Waals surface area contributed by atoms with Gasteiger partial charge in [0, 0.05) is 17.8 Å². The number of amides is 1. The molecule has 31 heavy (non-hydrogen) atoms. The van der Waals surface area contributed by atoms with Gasteiger partial charge in [0.25, 0.3) is 0 Å². The van der Waals surface area contributed by atoms with Gasteiger partial charge in [-0.2, -0.15) is 0 Å². The highest BCUT2D eigenvalue weighted by atomic mass is 16.1. The van der Waals surface area contributed by atoms with Crippen molar-refractivity contribution in [2.24, 2.45) is 5.92 Å². The van der Waals surface area contributed by atoms with Gasteiger partial charge in [-0.05, 0) is 59.4 Å². The Bertz CT molecular complexity index is 1220. The van der Waals surface area contributed by atoms with Crippen molar-refractivity contribution < 1.29 is 4.79 Å². The Labute approximate surface area is 183 Å². The number of hydrogen-bond donors (Lipinski definition) is 2. The zero-order valence-corrected chi connectivity index (χ0v) is 17.9. The van der Waals surface area contributed by atoms with Crippen molar-refractivity contribution in [3.8, 4) is 11.1 Å². The van der Waals surface area contributed by atoms with E-state index in [1.54, 1.807) is 0 Å². The Morgan fingerprint density at radius 1 is 1.00 bits per heavy atom. The number of nitrogens with one attached hydrogen (secondary N) is 1. The molecule has 0 aliphatic carbocycles. The number of fused-ring (bicyclic) bond motifs is 1. The highest BCUT2D eigenvalue weighted by Gasteiger charge is 2.16. The van der Waals surface area contributed by atoms with E-state index in [1.807, 2.05) is 49.4 Å². The van der Waals surface area contributed by atoms with Crippen LogP contribution in [0.2, 0.25) is 0 Å². The molecule has 0 spiro atoms. The molecule has 4 rings (SSSR count). The van der Waals surface area contributed by atoms with Gasteiger partial charge in [0.15, 0.2) is 0 Å². The summed E-state index contributed by atoms with van der Waals surface area (Å²) in [5.74, 6) is 0.292. The van der Waals surface area contributed by atoms with E-state index in [1.165, 1.54) is 11.1 Å². The van der Waals surface area contributed by atoms with Crippen LogP contribution in [0.15, 0.2) is 78.9 Å². The fourth-order valence-electron chi connectivity index (χ4n) is 3.84. The largest absolute Gasteiger partial charge is 0.383 e. The average Bonchev–Trinajstić information content (AvgIpc) is 2.78. The third-order valence-corrected chi connectivity index (χ3v) is 5.67. The Kier molecular flexibility index (Phi) is 5.99. The quantitative estimate of drug-likeness (QED) is 0.455. The lowest BCUT2D eigenvalue weighted by Crippen LogP contribution is -2.30. The third-order valence-electron chi connectivity index (χ3n) is 5.67. The van der Waals surface area contributed by atoms with Crippen molar-refractivity contribution in [3.63, 3.8) is 0 Å². The van der Waals surface area contributed by atoms with Crippen LogP contribution >= 0.6 is 0 Å². The van der Waals surface area contributed by atoms with Crippen molar-refractivity contribution >= 4 is 22.6 Å². The van der Waals surface area contributed by atoms with Crippen LogP contribution in [0.3, 0.4) is 0 Å². The first-order valence-electron chi connectivity index (χ1n) is 10.6. The maximum atomic E-state index is 12.6. The number of nitrogens with zero attached hydrogens (tertiary/aromatic N) is 1. The number of hydrogen-bond acceptors (Lipinski definition) is 3. The third kappa shape index (κ3) is 4.75. The van der Waals surface area contributed by atoms with Crippen LogP contribution in [-0.4, -0.2) is 10.9 Å². The van der Waals surface area contributed by atoms with Crippen LogP contribution in [0.4, 0.5) is 5.82 Å². The molecule has 1 atom stereocenters. The molecule has 0 saturated heterocycles. The number of nitrogens with two attached hydrogens (primary N) is 1. The molecule has 3 aromatic carbocycles. The first kappa shape index (κ1) is 20.6. The molecule has 1 amide bonds. The summed E-state index contributed by atoms with van der Waals surface area (Å²) in [6, 6.07) is 26.5. The molecule has 0 radical (unpaired) electrons. The minimum Gasteiger partial charge on any atom is -0.383 e. The Morgan fingerprint density at radius 2 is 1.74 bits per heavy atom. The van der Waals surface area contributed by atoms with E-state index in [9.17, 15) is 4.79 Å². The minimum absolute atomic E-state index is 0.0111. The molecule has 0 aliphatic heterocycles. The number of pyridine rings is 1. The second-order valence-corrected chi connectivity index (χ2v) is 8.06. The average molecular weight is 410 g/mol. The van der Waals surface area contributed by atoms with Crippen LogP contribution < -0.4 is 11.1 Å². The summed E-state index contributed by atoms with van der Waals surface area (Å²) in [5.41, 5.74) is 12.7. The van der Waals surface area contributed by atoms with Crippen molar-refractivity contribution in [2.75, 3.05) is 5.73 Å². The van der Waals surface area contributed by atoms with Gasteiger partial charge >= 0.3 is 0 Å². The molecule has 1 aromatic heterocycles. The number of rotatable bonds is 6. The molecule has 1 heterocycles. The van der Waals surface area contributed by atoms with E-state index in [0.29, 0.717) is 18.8 Å². The summed E-state index contributed by atoms with van der Waals surface area (Å²) in [6.45, 7) is 4.56. The summed E-state index contributed by atoms with van der Waals surface area (Å²) in [7, 11) is 0. The monoisotopic (exact) mass is 409 g/mol. The van der Waals surface area contributed by atoms with Gasteiger partial charge in [0.1, 0.15) is 5.82 Å². The van der Waals surface area contributed by atoms with Gasteiger partial charge in [0.2, 0.25) is 5.91 Å². The minimum atomic E-state index is -0.204. The number of aromatic nitrogens is 1. The molecular formula is C27H27N3O. The number of anilines is 1. The van der Waals surface area contributed by atoms with Crippen molar-refractivity contribution in [2.45, 2.75) is 26.8 Å². The normalized spacial score (nSPS) is 11.9. The van der Waals surface area contributed by atoms with Crippen molar-refractivity contribution in [1.29, 1.82) is 0 Å². The van der Waals surface area contributed by atoms with Gasteiger partial charge in [-0.3, -0.25) is 4.79 Å². The smallest absolute Gasteiger partial charge is 0.223 e. The molecule has 4 nitrogen and oxygen atoms in total. The highest BCUT2D eigenvalue weighted by molar-refractivity contribution is 5.87.